The van der Waals surface area contributed by atoms with Crippen molar-refractivity contribution in [1.29, 1.82) is 5.41 Å². The van der Waals surface area contributed by atoms with Gasteiger partial charge in [0.25, 0.3) is 0 Å². The second-order valence-electron chi connectivity index (χ2n) is 3.79. The highest BCUT2D eigenvalue weighted by atomic mass is 35.5. The minimum atomic E-state index is 0.0166. The van der Waals surface area contributed by atoms with Crippen LogP contribution in [-0.2, 0) is 18.0 Å². The van der Waals surface area contributed by atoms with Crippen molar-refractivity contribution in [2.75, 3.05) is 0 Å². The molecule has 1 aromatic carbocycles. The van der Waals surface area contributed by atoms with Crippen molar-refractivity contribution in [2.24, 2.45) is 5.73 Å². The Morgan fingerprint density at radius 3 is 2.78 bits per heavy atom. The standard InChI is InChI=1S/C13H13ClN2OS/c14-12-6-9(13(15)16)3-4-10(12)7-17-8-11-2-1-5-18-11/h1-6H,7-8H2,(H3,15,16). The highest BCUT2D eigenvalue weighted by Crippen LogP contribution is 2.19. The van der Waals surface area contributed by atoms with Crippen LogP contribution in [0.5, 0.6) is 0 Å². The fraction of sp³-hybridized carbons (Fsp3) is 0.154. The molecule has 0 aliphatic rings. The number of benzene rings is 1. The van der Waals surface area contributed by atoms with E-state index in [2.05, 4.69) is 0 Å². The van der Waals surface area contributed by atoms with Crippen molar-refractivity contribution in [2.45, 2.75) is 13.2 Å². The maximum Gasteiger partial charge on any atom is 0.122 e. The Balaban J connectivity index is 1.95. The number of amidine groups is 1. The molecule has 0 spiro atoms. The molecule has 1 heterocycles. The smallest absolute Gasteiger partial charge is 0.122 e. The zero-order chi connectivity index (χ0) is 13.0. The number of hydrogen-bond donors (Lipinski definition) is 2. The van der Waals surface area contributed by atoms with E-state index in [0.29, 0.717) is 23.8 Å². The van der Waals surface area contributed by atoms with Crippen LogP contribution in [-0.4, -0.2) is 5.84 Å². The topological polar surface area (TPSA) is 59.1 Å². The van der Waals surface area contributed by atoms with Crippen LogP contribution in [0.1, 0.15) is 16.0 Å². The molecule has 0 atom stereocenters. The average molecular weight is 281 g/mol. The van der Waals surface area contributed by atoms with Crippen LogP contribution in [0.25, 0.3) is 0 Å². The number of nitrogens with two attached hydrogens (primary N) is 1. The van der Waals surface area contributed by atoms with E-state index in [4.69, 9.17) is 27.5 Å². The number of nitrogen functional groups attached to an aromatic ring is 1. The predicted molar refractivity (Wildman–Crippen MR) is 75.3 cm³/mol. The summed E-state index contributed by atoms with van der Waals surface area (Å²) in [4.78, 5) is 1.19. The van der Waals surface area contributed by atoms with Crippen LogP contribution < -0.4 is 5.73 Å². The maximum absolute atomic E-state index is 7.32. The number of ether oxygens (including phenoxy) is 1. The van der Waals surface area contributed by atoms with Gasteiger partial charge in [0, 0.05) is 15.5 Å². The summed E-state index contributed by atoms with van der Waals surface area (Å²) in [6, 6.07) is 9.34. The Bertz CT molecular complexity index is 540. The number of halogens is 1. The molecule has 0 amide bonds. The molecular formula is C13H13ClN2OS. The van der Waals surface area contributed by atoms with Gasteiger partial charge in [0.05, 0.1) is 13.2 Å². The fourth-order valence-electron chi connectivity index (χ4n) is 1.49. The monoisotopic (exact) mass is 280 g/mol. The fourth-order valence-corrected chi connectivity index (χ4v) is 2.36. The normalized spacial score (nSPS) is 10.5. The molecule has 0 unspecified atom stereocenters. The lowest BCUT2D eigenvalue weighted by Crippen LogP contribution is -2.11. The van der Waals surface area contributed by atoms with Gasteiger partial charge in [-0.05, 0) is 23.1 Å². The zero-order valence-corrected chi connectivity index (χ0v) is 11.2. The molecule has 0 aliphatic carbocycles. The molecule has 2 aromatic rings. The van der Waals surface area contributed by atoms with Gasteiger partial charge in [-0.2, -0.15) is 0 Å². The first-order valence-corrected chi connectivity index (χ1v) is 6.65. The lowest BCUT2D eigenvalue weighted by Gasteiger charge is -2.07. The number of rotatable bonds is 5. The first-order chi connectivity index (χ1) is 8.66. The molecule has 2 rings (SSSR count). The molecule has 0 bridgehead atoms. The first-order valence-electron chi connectivity index (χ1n) is 5.40. The van der Waals surface area contributed by atoms with Crippen LogP contribution in [0.2, 0.25) is 5.02 Å². The third-order valence-corrected chi connectivity index (χ3v) is 3.65. The summed E-state index contributed by atoms with van der Waals surface area (Å²) >= 11 is 7.77. The summed E-state index contributed by atoms with van der Waals surface area (Å²) in [5.74, 6) is 0.0166. The largest absolute Gasteiger partial charge is 0.384 e. The van der Waals surface area contributed by atoms with E-state index < -0.39 is 0 Å². The van der Waals surface area contributed by atoms with Gasteiger partial charge < -0.3 is 10.5 Å². The number of thiophene rings is 1. The van der Waals surface area contributed by atoms with Crippen LogP contribution in [0.15, 0.2) is 35.7 Å². The van der Waals surface area contributed by atoms with E-state index in [1.165, 1.54) is 4.88 Å². The quantitative estimate of drug-likeness (QED) is 0.651. The van der Waals surface area contributed by atoms with Gasteiger partial charge in [-0.25, -0.2) is 0 Å². The maximum atomic E-state index is 7.32. The lowest BCUT2D eigenvalue weighted by molar-refractivity contribution is 0.109. The van der Waals surface area contributed by atoms with Gasteiger partial charge in [0.15, 0.2) is 0 Å². The highest BCUT2D eigenvalue weighted by molar-refractivity contribution is 7.09. The minimum Gasteiger partial charge on any atom is -0.384 e. The van der Waals surface area contributed by atoms with Crippen LogP contribution >= 0.6 is 22.9 Å². The summed E-state index contributed by atoms with van der Waals surface area (Å²) in [5.41, 5.74) is 6.92. The SMILES string of the molecule is N=C(N)c1ccc(COCc2cccs2)c(Cl)c1. The Morgan fingerprint density at radius 2 is 2.17 bits per heavy atom. The Morgan fingerprint density at radius 1 is 1.33 bits per heavy atom. The van der Waals surface area contributed by atoms with Crippen molar-refractivity contribution in [1.82, 2.24) is 0 Å². The van der Waals surface area contributed by atoms with E-state index in [0.717, 1.165) is 5.56 Å². The predicted octanol–water partition coefficient (Wildman–Crippen LogP) is 3.40. The Labute approximate surface area is 115 Å². The summed E-state index contributed by atoms with van der Waals surface area (Å²) in [7, 11) is 0. The van der Waals surface area contributed by atoms with Crippen molar-refractivity contribution in [3.05, 3.63) is 56.7 Å². The van der Waals surface area contributed by atoms with Crippen molar-refractivity contribution < 1.29 is 4.74 Å². The molecule has 94 valence electrons. The molecule has 5 heteroatoms. The van der Waals surface area contributed by atoms with Crippen molar-refractivity contribution in [3.63, 3.8) is 0 Å². The second-order valence-corrected chi connectivity index (χ2v) is 5.23. The Kier molecular flexibility index (Phi) is 4.36. The van der Waals surface area contributed by atoms with Crippen LogP contribution in [0.3, 0.4) is 0 Å². The van der Waals surface area contributed by atoms with E-state index in [1.54, 1.807) is 23.5 Å². The van der Waals surface area contributed by atoms with E-state index in [-0.39, 0.29) is 5.84 Å². The highest BCUT2D eigenvalue weighted by Gasteiger charge is 2.04. The van der Waals surface area contributed by atoms with E-state index in [9.17, 15) is 0 Å². The van der Waals surface area contributed by atoms with Gasteiger partial charge >= 0.3 is 0 Å². The Hall–Kier alpha value is -1.36. The lowest BCUT2D eigenvalue weighted by atomic mass is 10.1. The number of hydrogen-bond acceptors (Lipinski definition) is 3. The molecule has 1 aromatic heterocycles. The number of nitrogens with one attached hydrogen (secondary N) is 1. The van der Waals surface area contributed by atoms with Gasteiger partial charge in [-0.15, -0.1) is 11.3 Å². The molecule has 0 saturated carbocycles. The molecule has 18 heavy (non-hydrogen) atoms. The molecule has 3 N–H and O–H groups in total. The molecule has 0 saturated heterocycles. The van der Waals surface area contributed by atoms with Crippen LogP contribution in [0, 0.1) is 5.41 Å². The van der Waals surface area contributed by atoms with E-state index >= 15 is 0 Å². The van der Waals surface area contributed by atoms with Crippen molar-refractivity contribution >= 4 is 28.8 Å². The summed E-state index contributed by atoms with van der Waals surface area (Å²) in [6.07, 6.45) is 0. The third-order valence-electron chi connectivity index (χ3n) is 2.45. The van der Waals surface area contributed by atoms with Gasteiger partial charge in [0.2, 0.25) is 0 Å². The first kappa shape index (κ1) is 13.1. The second kappa shape index (κ2) is 6.00. The van der Waals surface area contributed by atoms with Gasteiger partial charge in [-0.1, -0.05) is 29.8 Å². The van der Waals surface area contributed by atoms with Gasteiger partial charge in [0.1, 0.15) is 5.84 Å². The summed E-state index contributed by atoms with van der Waals surface area (Å²) in [5, 5.41) is 9.92. The summed E-state index contributed by atoms with van der Waals surface area (Å²) in [6.45, 7) is 1.04. The average Bonchev–Trinajstić information content (AvgIpc) is 2.84. The third kappa shape index (κ3) is 3.32. The minimum absolute atomic E-state index is 0.0166. The molecule has 3 nitrogen and oxygen atoms in total. The van der Waals surface area contributed by atoms with Crippen molar-refractivity contribution in [3.8, 4) is 0 Å². The molecule has 0 fully saturated rings. The molecule has 0 aliphatic heterocycles. The zero-order valence-electron chi connectivity index (χ0n) is 9.65. The molecule has 0 radical (unpaired) electrons. The summed E-state index contributed by atoms with van der Waals surface area (Å²) < 4.78 is 5.59. The van der Waals surface area contributed by atoms with Crippen LogP contribution in [0.4, 0.5) is 0 Å². The molecular weight excluding hydrogens is 268 g/mol. The van der Waals surface area contributed by atoms with E-state index in [1.807, 2.05) is 23.6 Å². The van der Waals surface area contributed by atoms with Gasteiger partial charge in [-0.3, -0.25) is 5.41 Å².